The zero-order valence-electron chi connectivity index (χ0n) is 12.2. The fraction of sp³-hybridized carbons (Fsp3) is 0.353. The minimum atomic E-state index is -0.137. The molecule has 1 aromatic carbocycles. The molecule has 0 saturated heterocycles. The van der Waals surface area contributed by atoms with E-state index < -0.39 is 0 Å². The van der Waals surface area contributed by atoms with Gasteiger partial charge in [0, 0.05) is 22.9 Å². The molecule has 112 valence electrons. The lowest BCUT2D eigenvalue weighted by molar-refractivity contribution is 0.479. The molecule has 0 bridgehead atoms. The van der Waals surface area contributed by atoms with E-state index in [9.17, 15) is 4.39 Å². The molecular weight excluding hydrogens is 331 g/mol. The summed E-state index contributed by atoms with van der Waals surface area (Å²) in [5.41, 5.74) is 1.97. The van der Waals surface area contributed by atoms with Gasteiger partial charge in [-0.2, -0.15) is 0 Å². The van der Waals surface area contributed by atoms with Gasteiger partial charge in [0.15, 0.2) is 0 Å². The van der Waals surface area contributed by atoms with Crippen molar-refractivity contribution in [1.29, 1.82) is 0 Å². The Morgan fingerprint density at radius 2 is 2.19 bits per heavy atom. The second-order valence-electron chi connectivity index (χ2n) is 5.09. The van der Waals surface area contributed by atoms with Gasteiger partial charge in [0.2, 0.25) is 0 Å². The molecule has 0 radical (unpaired) electrons. The maximum atomic E-state index is 13.9. The molecule has 1 N–H and O–H groups in total. The van der Waals surface area contributed by atoms with Crippen LogP contribution in [0.3, 0.4) is 0 Å². The van der Waals surface area contributed by atoms with Crippen LogP contribution in [0.25, 0.3) is 0 Å². The topological polar surface area (TPSA) is 24.9 Å². The summed E-state index contributed by atoms with van der Waals surface area (Å²) in [6.45, 7) is 2.96. The molecule has 1 atom stereocenters. The highest BCUT2D eigenvalue weighted by Crippen LogP contribution is 2.18. The number of aromatic nitrogens is 1. The van der Waals surface area contributed by atoms with Crippen molar-refractivity contribution < 1.29 is 4.39 Å². The predicted octanol–water partition coefficient (Wildman–Crippen LogP) is 4.14. The average Bonchev–Trinajstić information content (AvgIpc) is 2.50. The quantitative estimate of drug-likeness (QED) is 0.811. The minimum absolute atomic E-state index is 0.137. The fourth-order valence-corrected chi connectivity index (χ4v) is 2.83. The summed E-state index contributed by atoms with van der Waals surface area (Å²) in [6.07, 6.45) is 6.27. The van der Waals surface area contributed by atoms with Crippen LogP contribution in [-0.4, -0.2) is 17.6 Å². The number of nitrogens with one attached hydrogen (secondary N) is 1. The largest absolute Gasteiger partial charge is 0.314 e. The number of aryl methyl sites for hydroxylation is 1. The van der Waals surface area contributed by atoms with Crippen LogP contribution in [0.4, 0.5) is 4.39 Å². The molecule has 2 nitrogen and oxygen atoms in total. The molecule has 1 aromatic heterocycles. The molecule has 21 heavy (non-hydrogen) atoms. The molecule has 0 aliphatic heterocycles. The van der Waals surface area contributed by atoms with Crippen LogP contribution in [0.2, 0.25) is 0 Å². The normalized spacial score (nSPS) is 12.3. The number of benzene rings is 1. The first kappa shape index (κ1) is 16.1. The molecule has 0 amide bonds. The number of pyridine rings is 1. The number of nitrogens with zero attached hydrogens (tertiary/aromatic N) is 1. The van der Waals surface area contributed by atoms with Crippen molar-refractivity contribution >= 4 is 15.9 Å². The van der Waals surface area contributed by atoms with Gasteiger partial charge in [-0.05, 0) is 61.2 Å². The van der Waals surface area contributed by atoms with Gasteiger partial charge < -0.3 is 5.32 Å². The van der Waals surface area contributed by atoms with E-state index in [0.717, 1.165) is 29.4 Å². The van der Waals surface area contributed by atoms with Crippen molar-refractivity contribution in [3.05, 3.63) is 64.1 Å². The summed E-state index contributed by atoms with van der Waals surface area (Å²) < 4.78 is 14.8. The van der Waals surface area contributed by atoms with Crippen LogP contribution >= 0.6 is 15.9 Å². The smallest absolute Gasteiger partial charge is 0.126 e. The van der Waals surface area contributed by atoms with Crippen molar-refractivity contribution in [3.8, 4) is 0 Å². The van der Waals surface area contributed by atoms with E-state index in [1.807, 2.05) is 18.3 Å². The van der Waals surface area contributed by atoms with Gasteiger partial charge in [0.25, 0.3) is 0 Å². The Kier molecular flexibility index (Phi) is 6.33. The summed E-state index contributed by atoms with van der Waals surface area (Å²) in [4.78, 5) is 4.13. The van der Waals surface area contributed by atoms with E-state index in [0.29, 0.717) is 6.42 Å². The Morgan fingerprint density at radius 3 is 2.90 bits per heavy atom. The van der Waals surface area contributed by atoms with Crippen LogP contribution in [0.1, 0.15) is 24.5 Å². The Balaban J connectivity index is 2.00. The Hall–Kier alpha value is -1.26. The van der Waals surface area contributed by atoms with Gasteiger partial charge in [-0.3, -0.25) is 4.98 Å². The molecule has 1 heterocycles. The van der Waals surface area contributed by atoms with Gasteiger partial charge in [-0.15, -0.1) is 0 Å². The molecule has 1 unspecified atom stereocenters. The zero-order valence-corrected chi connectivity index (χ0v) is 13.7. The van der Waals surface area contributed by atoms with E-state index in [1.165, 1.54) is 11.6 Å². The van der Waals surface area contributed by atoms with Crippen LogP contribution in [0.15, 0.2) is 47.2 Å². The van der Waals surface area contributed by atoms with E-state index in [2.05, 4.69) is 39.2 Å². The van der Waals surface area contributed by atoms with Gasteiger partial charge in [0.05, 0.1) is 0 Å². The third-order valence-corrected chi connectivity index (χ3v) is 3.96. The van der Waals surface area contributed by atoms with Crippen LogP contribution in [0, 0.1) is 5.82 Å². The second kappa shape index (κ2) is 8.25. The second-order valence-corrected chi connectivity index (χ2v) is 6.01. The summed E-state index contributed by atoms with van der Waals surface area (Å²) in [5, 5.41) is 3.45. The van der Waals surface area contributed by atoms with Crippen LogP contribution < -0.4 is 5.32 Å². The third kappa shape index (κ3) is 5.21. The molecule has 0 saturated carbocycles. The zero-order chi connectivity index (χ0) is 15.1. The SMILES string of the molecule is CCNC(CCc1cccnc1)Cc1cc(Br)ccc1F. The van der Waals surface area contributed by atoms with Crippen molar-refractivity contribution in [3.63, 3.8) is 0 Å². The maximum absolute atomic E-state index is 13.9. The first-order chi connectivity index (χ1) is 10.2. The summed E-state index contributed by atoms with van der Waals surface area (Å²) in [7, 11) is 0. The number of hydrogen-bond donors (Lipinski definition) is 1. The number of hydrogen-bond acceptors (Lipinski definition) is 2. The van der Waals surface area contributed by atoms with Gasteiger partial charge in [-0.25, -0.2) is 4.39 Å². The minimum Gasteiger partial charge on any atom is -0.314 e. The first-order valence-corrected chi connectivity index (χ1v) is 8.04. The Labute approximate surface area is 133 Å². The van der Waals surface area contributed by atoms with Crippen LogP contribution in [0.5, 0.6) is 0 Å². The lowest BCUT2D eigenvalue weighted by Crippen LogP contribution is -2.31. The highest BCUT2D eigenvalue weighted by Gasteiger charge is 2.12. The molecule has 4 heteroatoms. The number of rotatable bonds is 7. The highest BCUT2D eigenvalue weighted by atomic mass is 79.9. The average molecular weight is 351 g/mol. The van der Waals surface area contributed by atoms with Crippen LogP contribution in [-0.2, 0) is 12.8 Å². The summed E-state index contributed by atoms with van der Waals surface area (Å²) >= 11 is 3.41. The Bertz CT molecular complexity index is 560. The maximum Gasteiger partial charge on any atom is 0.126 e. The van der Waals surface area contributed by atoms with E-state index in [1.54, 1.807) is 12.3 Å². The standard InChI is InChI=1S/C17H20BrFN2/c1-2-21-16(7-5-13-4-3-9-20-12-13)11-14-10-15(18)6-8-17(14)19/h3-4,6,8-10,12,16,21H,2,5,7,11H2,1H3. The molecule has 0 aliphatic rings. The molecule has 0 aliphatic carbocycles. The lowest BCUT2D eigenvalue weighted by Gasteiger charge is -2.18. The molecule has 2 aromatic rings. The first-order valence-electron chi connectivity index (χ1n) is 7.25. The molecule has 0 spiro atoms. The van der Waals surface area contributed by atoms with Crippen molar-refractivity contribution in [2.75, 3.05) is 6.54 Å². The predicted molar refractivity (Wildman–Crippen MR) is 87.8 cm³/mol. The van der Waals surface area contributed by atoms with E-state index in [-0.39, 0.29) is 11.9 Å². The van der Waals surface area contributed by atoms with Crippen molar-refractivity contribution in [1.82, 2.24) is 10.3 Å². The fourth-order valence-electron chi connectivity index (χ4n) is 2.42. The highest BCUT2D eigenvalue weighted by molar-refractivity contribution is 9.10. The molecule has 2 rings (SSSR count). The summed E-state index contributed by atoms with van der Waals surface area (Å²) in [5.74, 6) is -0.137. The molecule has 0 fully saturated rings. The van der Waals surface area contributed by atoms with Crippen molar-refractivity contribution in [2.24, 2.45) is 0 Å². The summed E-state index contributed by atoms with van der Waals surface area (Å²) in [6, 6.07) is 9.41. The monoisotopic (exact) mass is 350 g/mol. The lowest BCUT2D eigenvalue weighted by atomic mass is 9.99. The number of likely N-dealkylation sites (N-methyl/N-ethyl adjacent to an activating group) is 1. The van der Waals surface area contributed by atoms with E-state index in [4.69, 9.17) is 0 Å². The van der Waals surface area contributed by atoms with Gasteiger partial charge >= 0.3 is 0 Å². The molecular formula is C17H20BrFN2. The number of halogens is 2. The third-order valence-electron chi connectivity index (χ3n) is 3.47. The van der Waals surface area contributed by atoms with E-state index >= 15 is 0 Å². The van der Waals surface area contributed by atoms with Gasteiger partial charge in [0.1, 0.15) is 5.82 Å². The van der Waals surface area contributed by atoms with Crippen molar-refractivity contribution in [2.45, 2.75) is 32.2 Å². The Morgan fingerprint density at radius 1 is 1.33 bits per heavy atom. The van der Waals surface area contributed by atoms with Gasteiger partial charge in [-0.1, -0.05) is 28.9 Å².